The Bertz CT molecular complexity index is 515. The standard InChI is InChI=1S/C15H22F3N3O2/c1-21-10-2-9(3-11(21)5-23-4-10)20-12(22)13-6-14(13,8-19-7-13)15(16,17)18/h9-11,19H,2-8H2,1H3,(H,20,22). The molecule has 3 heterocycles. The number of hydrogen-bond donors (Lipinski definition) is 2. The number of amides is 1. The van der Waals surface area contributed by atoms with Gasteiger partial charge in [-0.05, 0) is 26.3 Å². The Morgan fingerprint density at radius 2 is 1.91 bits per heavy atom. The summed E-state index contributed by atoms with van der Waals surface area (Å²) in [6.07, 6.45) is -2.93. The first-order valence-electron chi connectivity index (χ1n) is 8.17. The van der Waals surface area contributed by atoms with Gasteiger partial charge < -0.3 is 15.4 Å². The summed E-state index contributed by atoms with van der Waals surface area (Å²) in [4.78, 5) is 14.9. The van der Waals surface area contributed by atoms with Crippen LogP contribution in [0.1, 0.15) is 19.3 Å². The van der Waals surface area contributed by atoms with Crippen molar-refractivity contribution in [2.75, 3.05) is 33.4 Å². The molecule has 23 heavy (non-hydrogen) atoms. The summed E-state index contributed by atoms with van der Waals surface area (Å²) >= 11 is 0. The summed E-state index contributed by atoms with van der Waals surface area (Å²) in [6, 6.07) is 0.413. The Balaban J connectivity index is 1.45. The summed E-state index contributed by atoms with van der Waals surface area (Å²) < 4.78 is 45.6. The molecule has 2 N–H and O–H groups in total. The lowest BCUT2D eigenvalue weighted by atomic mass is 9.89. The largest absolute Gasteiger partial charge is 0.396 e. The maximum absolute atomic E-state index is 13.4. The molecule has 0 radical (unpaired) electrons. The number of fused-ring (bicyclic) bond motifs is 3. The smallest absolute Gasteiger partial charge is 0.378 e. The number of morpholine rings is 1. The van der Waals surface area contributed by atoms with Gasteiger partial charge >= 0.3 is 6.18 Å². The minimum atomic E-state index is -4.33. The molecule has 4 unspecified atom stereocenters. The maximum Gasteiger partial charge on any atom is 0.396 e. The van der Waals surface area contributed by atoms with Crippen molar-refractivity contribution >= 4 is 5.91 Å². The van der Waals surface area contributed by atoms with Crippen LogP contribution < -0.4 is 10.6 Å². The number of piperidine rings is 2. The zero-order valence-corrected chi connectivity index (χ0v) is 13.1. The van der Waals surface area contributed by atoms with Crippen molar-refractivity contribution in [2.24, 2.45) is 10.8 Å². The number of alkyl halides is 3. The number of hydrogen-bond acceptors (Lipinski definition) is 4. The number of carbonyl (C=O) groups is 1. The normalized spacial score (nSPS) is 46.3. The van der Waals surface area contributed by atoms with Crippen LogP contribution in [0, 0.1) is 10.8 Å². The van der Waals surface area contributed by atoms with Crippen LogP contribution in [0.5, 0.6) is 0 Å². The monoisotopic (exact) mass is 333 g/mol. The first-order chi connectivity index (χ1) is 10.8. The highest BCUT2D eigenvalue weighted by Crippen LogP contribution is 2.73. The van der Waals surface area contributed by atoms with Crippen LogP contribution in [0.25, 0.3) is 0 Å². The fourth-order valence-corrected chi connectivity index (χ4v) is 4.81. The van der Waals surface area contributed by atoms with Crippen LogP contribution in [0.15, 0.2) is 0 Å². The Morgan fingerprint density at radius 3 is 2.48 bits per heavy atom. The lowest BCUT2D eigenvalue weighted by Crippen LogP contribution is -2.60. The van der Waals surface area contributed by atoms with Gasteiger partial charge in [-0.2, -0.15) is 13.2 Å². The number of nitrogens with zero attached hydrogens (tertiary/aromatic N) is 1. The molecule has 4 fully saturated rings. The third-order valence-corrected chi connectivity index (χ3v) is 6.45. The summed E-state index contributed by atoms with van der Waals surface area (Å²) in [6.45, 7) is 1.23. The molecule has 130 valence electrons. The average Bonchev–Trinajstić information content (AvgIpc) is 2.98. The van der Waals surface area contributed by atoms with E-state index in [4.69, 9.17) is 4.74 Å². The van der Waals surface area contributed by atoms with E-state index in [1.807, 2.05) is 7.05 Å². The third-order valence-electron chi connectivity index (χ3n) is 6.45. The van der Waals surface area contributed by atoms with Gasteiger partial charge in [-0.3, -0.25) is 9.69 Å². The Hall–Kier alpha value is -0.860. The Morgan fingerprint density at radius 1 is 1.26 bits per heavy atom. The second-order valence-corrected chi connectivity index (χ2v) is 7.59. The van der Waals surface area contributed by atoms with Crippen molar-refractivity contribution in [3.8, 4) is 0 Å². The predicted molar refractivity (Wildman–Crippen MR) is 75.7 cm³/mol. The number of carbonyl (C=O) groups excluding carboxylic acids is 1. The van der Waals surface area contributed by atoms with Gasteiger partial charge in [0.2, 0.25) is 5.91 Å². The second kappa shape index (κ2) is 4.83. The number of nitrogens with one attached hydrogen (secondary N) is 2. The summed E-state index contributed by atoms with van der Waals surface area (Å²) in [5.41, 5.74) is -3.14. The van der Waals surface area contributed by atoms with Crippen molar-refractivity contribution in [1.82, 2.24) is 15.5 Å². The SMILES string of the molecule is CN1C2COCC1CC(NC(=O)C13CNCC1(C(F)(F)F)C3)C2. The van der Waals surface area contributed by atoms with E-state index in [0.29, 0.717) is 13.2 Å². The van der Waals surface area contributed by atoms with Crippen molar-refractivity contribution < 1.29 is 22.7 Å². The zero-order chi connectivity index (χ0) is 16.5. The zero-order valence-electron chi connectivity index (χ0n) is 13.1. The average molecular weight is 333 g/mol. The number of rotatable bonds is 2. The molecule has 5 nitrogen and oxygen atoms in total. The van der Waals surface area contributed by atoms with E-state index in [9.17, 15) is 18.0 Å². The van der Waals surface area contributed by atoms with Crippen LogP contribution in [0.3, 0.4) is 0 Å². The molecule has 1 amide bonds. The highest BCUT2D eigenvalue weighted by atomic mass is 19.4. The fourth-order valence-electron chi connectivity index (χ4n) is 4.81. The molecule has 1 aliphatic carbocycles. The molecule has 8 heteroatoms. The molecule has 4 rings (SSSR count). The highest BCUT2D eigenvalue weighted by Gasteiger charge is 2.84. The number of halogens is 3. The number of likely N-dealkylation sites (N-methyl/N-ethyl adjacent to an activating group) is 1. The third kappa shape index (κ3) is 2.07. The van der Waals surface area contributed by atoms with E-state index in [1.54, 1.807) is 0 Å². The van der Waals surface area contributed by atoms with Crippen LogP contribution in [0.4, 0.5) is 13.2 Å². The summed E-state index contributed by atoms with van der Waals surface area (Å²) in [7, 11) is 2.05. The van der Waals surface area contributed by atoms with Gasteiger partial charge in [-0.15, -0.1) is 0 Å². The minimum Gasteiger partial charge on any atom is -0.378 e. The molecule has 4 atom stereocenters. The topological polar surface area (TPSA) is 53.6 Å². The molecular weight excluding hydrogens is 311 g/mol. The van der Waals surface area contributed by atoms with Crippen molar-refractivity contribution in [3.63, 3.8) is 0 Å². The fraction of sp³-hybridized carbons (Fsp3) is 0.933. The van der Waals surface area contributed by atoms with Gasteiger partial charge in [0.15, 0.2) is 0 Å². The molecule has 0 aromatic heterocycles. The highest BCUT2D eigenvalue weighted by molar-refractivity contribution is 5.88. The molecule has 0 spiro atoms. The van der Waals surface area contributed by atoms with E-state index < -0.39 is 22.9 Å². The molecule has 3 saturated heterocycles. The Kier molecular flexibility index (Phi) is 3.29. The molecular formula is C15H22F3N3O2. The van der Waals surface area contributed by atoms with Gasteiger partial charge in [0.05, 0.1) is 24.0 Å². The van der Waals surface area contributed by atoms with Crippen LogP contribution in [0.2, 0.25) is 0 Å². The molecule has 2 bridgehead atoms. The number of ether oxygens (including phenoxy) is 1. The van der Waals surface area contributed by atoms with Gasteiger partial charge in [0.1, 0.15) is 0 Å². The van der Waals surface area contributed by atoms with Crippen molar-refractivity contribution in [1.29, 1.82) is 0 Å². The van der Waals surface area contributed by atoms with Crippen molar-refractivity contribution in [3.05, 3.63) is 0 Å². The van der Waals surface area contributed by atoms with E-state index in [2.05, 4.69) is 15.5 Å². The first kappa shape index (κ1) is 15.7. The second-order valence-electron chi connectivity index (χ2n) is 7.59. The molecule has 4 aliphatic rings. The summed E-state index contributed by atoms with van der Waals surface area (Å²) in [5.74, 6) is -0.423. The van der Waals surface area contributed by atoms with Gasteiger partial charge in [-0.25, -0.2) is 0 Å². The van der Waals surface area contributed by atoms with Crippen molar-refractivity contribution in [2.45, 2.75) is 43.6 Å². The van der Waals surface area contributed by atoms with Gasteiger partial charge in [0.25, 0.3) is 0 Å². The molecule has 0 aromatic carbocycles. The van der Waals surface area contributed by atoms with E-state index in [-0.39, 0.29) is 37.6 Å². The lowest BCUT2D eigenvalue weighted by molar-refractivity contribution is -0.192. The minimum absolute atomic E-state index is 0.0564. The molecule has 1 saturated carbocycles. The summed E-state index contributed by atoms with van der Waals surface area (Å²) in [5, 5.41) is 5.69. The van der Waals surface area contributed by atoms with E-state index in [1.165, 1.54) is 0 Å². The van der Waals surface area contributed by atoms with Crippen LogP contribution >= 0.6 is 0 Å². The maximum atomic E-state index is 13.4. The van der Waals surface area contributed by atoms with Gasteiger partial charge in [-0.1, -0.05) is 0 Å². The molecule has 3 aliphatic heterocycles. The van der Waals surface area contributed by atoms with Crippen LogP contribution in [-0.2, 0) is 9.53 Å². The van der Waals surface area contributed by atoms with Crippen LogP contribution in [-0.4, -0.2) is 68.5 Å². The quantitative estimate of drug-likeness (QED) is 0.773. The van der Waals surface area contributed by atoms with E-state index >= 15 is 0 Å². The first-order valence-corrected chi connectivity index (χ1v) is 8.17. The lowest BCUT2D eigenvalue weighted by Gasteiger charge is -2.46. The molecule has 0 aromatic rings. The van der Waals surface area contributed by atoms with Gasteiger partial charge in [0, 0.05) is 31.2 Å². The Labute approximate surface area is 132 Å². The van der Waals surface area contributed by atoms with E-state index in [0.717, 1.165) is 12.8 Å². The predicted octanol–water partition coefficient (Wildman–Crippen LogP) is 0.506.